The molecule has 90 valence electrons. The summed E-state index contributed by atoms with van der Waals surface area (Å²) in [6, 6.07) is 5.94. The molecular weight excluding hydrogens is 250 g/mol. The Balaban J connectivity index is 2.78. The summed E-state index contributed by atoms with van der Waals surface area (Å²) in [6.07, 6.45) is -4.49. The molecule has 2 radical (unpaired) electrons. The number of hydrogen-bond donors (Lipinski definition) is 0. The number of Topliss-reactive ketones (excluding diaryl/α,β-unsaturated/α-hetero) is 1. The first kappa shape index (κ1) is 14.1. The Morgan fingerprint density at radius 1 is 1.35 bits per heavy atom. The molecule has 0 spiro atoms. The summed E-state index contributed by atoms with van der Waals surface area (Å²) in [4.78, 5) is 11.0. The van der Waals surface area contributed by atoms with Crippen LogP contribution in [0, 0.1) is 0 Å². The first-order valence-electron chi connectivity index (χ1n) is 4.65. The zero-order valence-electron chi connectivity index (χ0n) is 8.99. The van der Waals surface area contributed by atoms with Gasteiger partial charge in [-0.3, -0.25) is 4.79 Å². The standard InChI is InChI=1S/C10H9BF3NOS/c1-7(16)9-4-2-8(3-5-9)6-15(17-11)10(12,13)14/h2-5H,6H2,1H3. The normalized spacial score (nSPS) is 11.8. The molecule has 0 bridgehead atoms. The van der Waals surface area contributed by atoms with Crippen molar-refractivity contribution in [2.75, 3.05) is 0 Å². The lowest BCUT2D eigenvalue weighted by Crippen LogP contribution is -2.31. The van der Waals surface area contributed by atoms with Crippen molar-refractivity contribution in [1.82, 2.24) is 4.31 Å². The Hall–Kier alpha value is -0.945. The summed E-state index contributed by atoms with van der Waals surface area (Å²) in [6.45, 7) is 1.04. The maximum atomic E-state index is 12.4. The lowest BCUT2D eigenvalue weighted by molar-refractivity contribution is -0.209. The lowest BCUT2D eigenvalue weighted by Gasteiger charge is -2.22. The van der Waals surface area contributed by atoms with E-state index >= 15 is 0 Å². The molecule has 2 nitrogen and oxygen atoms in total. The zero-order valence-corrected chi connectivity index (χ0v) is 9.81. The average Bonchev–Trinajstić information content (AvgIpc) is 2.24. The largest absolute Gasteiger partial charge is 0.468 e. The Bertz CT molecular complexity index is 394. The molecule has 0 fully saturated rings. The smallest absolute Gasteiger partial charge is 0.295 e. The predicted molar refractivity (Wildman–Crippen MR) is 61.4 cm³/mol. The molecule has 17 heavy (non-hydrogen) atoms. The van der Waals surface area contributed by atoms with Gasteiger partial charge in [0.2, 0.25) is 0 Å². The van der Waals surface area contributed by atoms with Crippen LogP contribution in [-0.2, 0) is 6.54 Å². The molecule has 0 heterocycles. The monoisotopic (exact) mass is 259 g/mol. The molecule has 1 aromatic rings. The molecule has 0 aliphatic heterocycles. The molecule has 1 aromatic carbocycles. The minimum absolute atomic E-state index is 0.107. The summed E-state index contributed by atoms with van der Waals surface area (Å²) in [5.74, 6) is -0.127. The summed E-state index contributed by atoms with van der Waals surface area (Å²) < 4.78 is 37.3. The number of carbonyl (C=O) groups excluding carboxylic acids is 1. The van der Waals surface area contributed by atoms with Crippen LogP contribution in [0.2, 0.25) is 0 Å². The van der Waals surface area contributed by atoms with Crippen LogP contribution in [0.25, 0.3) is 0 Å². The summed E-state index contributed by atoms with van der Waals surface area (Å²) in [7, 11) is 4.95. The fourth-order valence-corrected chi connectivity index (χ4v) is 1.54. The van der Waals surface area contributed by atoms with Gasteiger partial charge in [0.05, 0.1) is 0 Å². The molecular formula is C10H9BF3NOS. The van der Waals surface area contributed by atoms with Crippen LogP contribution in [0.5, 0.6) is 0 Å². The third-order valence-corrected chi connectivity index (χ3v) is 2.69. The molecule has 0 N–H and O–H groups in total. The van der Waals surface area contributed by atoms with E-state index in [-0.39, 0.29) is 28.4 Å². The molecule has 0 aliphatic carbocycles. The minimum atomic E-state index is -4.49. The molecule has 0 unspecified atom stereocenters. The van der Waals surface area contributed by atoms with E-state index < -0.39 is 6.30 Å². The van der Waals surface area contributed by atoms with Gasteiger partial charge in [-0.1, -0.05) is 24.3 Å². The third-order valence-electron chi connectivity index (χ3n) is 2.10. The highest BCUT2D eigenvalue weighted by molar-refractivity contribution is 8.17. The van der Waals surface area contributed by atoms with Gasteiger partial charge in [0, 0.05) is 12.1 Å². The van der Waals surface area contributed by atoms with Crippen LogP contribution in [0.3, 0.4) is 0 Å². The van der Waals surface area contributed by atoms with Gasteiger partial charge in [-0.25, -0.2) is 0 Å². The number of hydrogen-bond acceptors (Lipinski definition) is 3. The second kappa shape index (κ2) is 5.60. The van der Waals surface area contributed by atoms with Gasteiger partial charge in [0.15, 0.2) is 12.9 Å². The topological polar surface area (TPSA) is 20.3 Å². The van der Waals surface area contributed by atoms with Crippen LogP contribution < -0.4 is 0 Å². The quantitative estimate of drug-likeness (QED) is 0.359. The molecule has 7 heteroatoms. The Morgan fingerprint density at radius 2 is 1.88 bits per heavy atom. The fourth-order valence-electron chi connectivity index (χ4n) is 1.20. The van der Waals surface area contributed by atoms with Crippen molar-refractivity contribution >= 4 is 24.7 Å². The molecule has 0 saturated carbocycles. The Morgan fingerprint density at radius 3 is 2.24 bits per heavy atom. The van der Waals surface area contributed by atoms with E-state index in [1.54, 1.807) is 0 Å². The van der Waals surface area contributed by atoms with Crippen molar-refractivity contribution in [3.05, 3.63) is 35.4 Å². The summed E-state index contributed by atoms with van der Waals surface area (Å²) >= 11 is 0.124. The number of rotatable bonds is 4. The van der Waals surface area contributed by atoms with Gasteiger partial charge < -0.3 is 0 Å². The molecule has 0 atom stereocenters. The Labute approximate surface area is 103 Å². The molecule has 0 saturated heterocycles. The van der Waals surface area contributed by atoms with Crippen LogP contribution >= 0.6 is 11.8 Å². The number of ketones is 1. The molecule has 0 aliphatic rings. The van der Waals surface area contributed by atoms with E-state index in [9.17, 15) is 18.0 Å². The van der Waals surface area contributed by atoms with E-state index in [1.807, 2.05) is 0 Å². The van der Waals surface area contributed by atoms with Crippen molar-refractivity contribution in [2.24, 2.45) is 0 Å². The number of halogens is 3. The zero-order chi connectivity index (χ0) is 13.1. The van der Waals surface area contributed by atoms with Crippen molar-refractivity contribution < 1.29 is 18.0 Å². The van der Waals surface area contributed by atoms with Crippen molar-refractivity contribution in [2.45, 2.75) is 19.8 Å². The molecule has 0 amide bonds. The summed E-state index contributed by atoms with van der Waals surface area (Å²) in [5.41, 5.74) is 0.901. The van der Waals surface area contributed by atoms with Gasteiger partial charge in [-0.2, -0.15) is 17.5 Å². The third kappa shape index (κ3) is 4.09. The van der Waals surface area contributed by atoms with E-state index in [4.69, 9.17) is 7.12 Å². The first-order valence-corrected chi connectivity index (χ1v) is 5.49. The summed E-state index contributed by atoms with van der Waals surface area (Å²) in [5, 5.41) is 0. The van der Waals surface area contributed by atoms with E-state index in [0.29, 0.717) is 11.1 Å². The highest BCUT2D eigenvalue weighted by Gasteiger charge is 2.36. The number of carbonyl (C=O) groups is 1. The second-order valence-corrected chi connectivity index (χ2v) is 4.01. The number of benzene rings is 1. The van der Waals surface area contributed by atoms with Gasteiger partial charge in [-0.05, 0) is 12.5 Å². The van der Waals surface area contributed by atoms with Crippen LogP contribution in [0.15, 0.2) is 24.3 Å². The van der Waals surface area contributed by atoms with E-state index in [1.165, 1.54) is 31.2 Å². The van der Waals surface area contributed by atoms with Gasteiger partial charge in [-0.15, -0.1) is 11.8 Å². The average molecular weight is 259 g/mol. The molecule has 0 aromatic heterocycles. The van der Waals surface area contributed by atoms with Crippen molar-refractivity contribution in [3.63, 3.8) is 0 Å². The molecule has 1 rings (SSSR count). The van der Waals surface area contributed by atoms with E-state index in [2.05, 4.69) is 0 Å². The van der Waals surface area contributed by atoms with E-state index in [0.717, 1.165) is 0 Å². The number of nitrogens with zero attached hydrogens (tertiary/aromatic N) is 1. The fraction of sp³-hybridized carbons (Fsp3) is 0.300. The van der Waals surface area contributed by atoms with Gasteiger partial charge in [0.1, 0.15) is 0 Å². The van der Waals surface area contributed by atoms with Crippen molar-refractivity contribution in [1.29, 1.82) is 0 Å². The Kier molecular flexibility index (Phi) is 4.65. The SMILES string of the molecule is [B]SN(Cc1ccc(C(C)=O)cc1)C(F)(F)F. The highest BCUT2D eigenvalue weighted by Crippen LogP contribution is 2.28. The van der Waals surface area contributed by atoms with Crippen molar-refractivity contribution in [3.8, 4) is 0 Å². The maximum absolute atomic E-state index is 12.4. The van der Waals surface area contributed by atoms with Gasteiger partial charge >= 0.3 is 6.30 Å². The first-order chi connectivity index (χ1) is 7.84. The maximum Gasteiger partial charge on any atom is 0.468 e. The van der Waals surface area contributed by atoms with Crippen LogP contribution in [0.1, 0.15) is 22.8 Å². The predicted octanol–water partition coefficient (Wildman–Crippen LogP) is 2.94. The minimum Gasteiger partial charge on any atom is -0.295 e. The number of alkyl halides is 3. The van der Waals surface area contributed by atoms with Crippen LogP contribution in [-0.4, -0.2) is 23.5 Å². The lowest BCUT2D eigenvalue weighted by atomic mass is 10.1. The van der Waals surface area contributed by atoms with Gasteiger partial charge in [0.25, 0.3) is 0 Å². The van der Waals surface area contributed by atoms with Crippen LogP contribution in [0.4, 0.5) is 13.2 Å². The highest BCUT2D eigenvalue weighted by atomic mass is 32.2. The second-order valence-electron chi connectivity index (χ2n) is 3.36.